The maximum atomic E-state index is 12.7. The van der Waals surface area contributed by atoms with Crippen molar-refractivity contribution in [1.29, 1.82) is 0 Å². The van der Waals surface area contributed by atoms with Crippen molar-refractivity contribution in [3.05, 3.63) is 29.8 Å². The molecule has 0 unspecified atom stereocenters. The molecule has 0 fully saturated rings. The summed E-state index contributed by atoms with van der Waals surface area (Å²) in [5.74, 6) is -0.943. The van der Waals surface area contributed by atoms with Crippen LogP contribution in [0.1, 0.15) is 36.7 Å². The summed E-state index contributed by atoms with van der Waals surface area (Å²) in [6.07, 6.45) is 3.13. The number of halogens is 1. The minimum atomic E-state index is -0.629. The number of aromatic nitrogens is 1. The lowest BCUT2D eigenvalue weighted by atomic mass is 10.2. The van der Waals surface area contributed by atoms with E-state index in [2.05, 4.69) is 17.2 Å². The van der Waals surface area contributed by atoms with Crippen LogP contribution in [0, 0.1) is 5.95 Å². The number of nitrogens with zero attached hydrogens (tertiary/aromatic N) is 1. The Bertz CT molecular complexity index is 328. The molecule has 0 spiro atoms. The summed E-state index contributed by atoms with van der Waals surface area (Å²) < 4.78 is 12.7. The SMILES string of the molecule is CCCCCNC(=O)c1cccc(F)n1. The Balaban J connectivity index is 2.40. The summed E-state index contributed by atoms with van der Waals surface area (Å²) >= 11 is 0. The largest absolute Gasteiger partial charge is 0.351 e. The first kappa shape index (κ1) is 11.6. The minimum absolute atomic E-state index is 0.131. The topological polar surface area (TPSA) is 42.0 Å². The summed E-state index contributed by atoms with van der Waals surface area (Å²) in [5, 5.41) is 2.69. The molecule has 0 aliphatic carbocycles. The van der Waals surface area contributed by atoms with E-state index in [1.165, 1.54) is 18.2 Å². The van der Waals surface area contributed by atoms with Gasteiger partial charge in [0.2, 0.25) is 5.95 Å². The molecule has 0 radical (unpaired) electrons. The van der Waals surface area contributed by atoms with Gasteiger partial charge in [-0.15, -0.1) is 0 Å². The molecule has 0 aliphatic heterocycles. The number of carbonyl (C=O) groups is 1. The first-order chi connectivity index (χ1) is 7.24. The molecule has 0 saturated heterocycles. The van der Waals surface area contributed by atoms with E-state index in [9.17, 15) is 9.18 Å². The zero-order valence-corrected chi connectivity index (χ0v) is 8.79. The molecule has 0 aromatic carbocycles. The van der Waals surface area contributed by atoms with Crippen molar-refractivity contribution >= 4 is 5.91 Å². The normalized spacial score (nSPS) is 10.0. The second-order valence-electron chi connectivity index (χ2n) is 3.31. The smallest absolute Gasteiger partial charge is 0.269 e. The lowest BCUT2D eigenvalue weighted by Crippen LogP contribution is -2.25. The van der Waals surface area contributed by atoms with E-state index in [4.69, 9.17) is 0 Å². The van der Waals surface area contributed by atoms with Crippen molar-refractivity contribution in [3.63, 3.8) is 0 Å². The van der Waals surface area contributed by atoms with E-state index < -0.39 is 5.95 Å². The van der Waals surface area contributed by atoms with E-state index in [1.54, 1.807) is 0 Å². The highest BCUT2D eigenvalue weighted by molar-refractivity contribution is 5.92. The van der Waals surface area contributed by atoms with Crippen LogP contribution in [0.5, 0.6) is 0 Å². The highest BCUT2D eigenvalue weighted by atomic mass is 19.1. The predicted octanol–water partition coefficient (Wildman–Crippen LogP) is 2.14. The second-order valence-corrected chi connectivity index (χ2v) is 3.31. The van der Waals surface area contributed by atoms with Crippen molar-refractivity contribution in [2.45, 2.75) is 26.2 Å². The molecule has 1 N–H and O–H groups in total. The van der Waals surface area contributed by atoms with Gasteiger partial charge in [0.15, 0.2) is 0 Å². The molecular weight excluding hydrogens is 195 g/mol. The maximum absolute atomic E-state index is 12.7. The lowest BCUT2D eigenvalue weighted by Gasteiger charge is -2.03. The molecular formula is C11H15FN2O. The predicted molar refractivity (Wildman–Crippen MR) is 56.1 cm³/mol. The fraction of sp³-hybridized carbons (Fsp3) is 0.455. The van der Waals surface area contributed by atoms with Crippen molar-refractivity contribution in [2.75, 3.05) is 6.54 Å². The van der Waals surface area contributed by atoms with Gasteiger partial charge in [0.1, 0.15) is 5.69 Å². The average Bonchev–Trinajstić information content (AvgIpc) is 2.24. The standard InChI is InChI=1S/C11H15FN2O/c1-2-3-4-8-13-11(15)9-6-5-7-10(12)14-9/h5-7H,2-4,8H2,1H3,(H,13,15). The van der Waals surface area contributed by atoms with E-state index in [-0.39, 0.29) is 11.6 Å². The van der Waals surface area contributed by atoms with Crippen molar-refractivity contribution in [1.82, 2.24) is 10.3 Å². The number of amides is 1. The van der Waals surface area contributed by atoms with Gasteiger partial charge in [-0.1, -0.05) is 25.8 Å². The number of carbonyl (C=O) groups excluding carboxylic acids is 1. The number of pyridine rings is 1. The van der Waals surface area contributed by atoms with Gasteiger partial charge in [-0.05, 0) is 18.6 Å². The Labute approximate surface area is 88.7 Å². The Morgan fingerprint density at radius 2 is 2.27 bits per heavy atom. The summed E-state index contributed by atoms with van der Waals surface area (Å²) in [4.78, 5) is 14.9. The molecule has 0 atom stereocenters. The third-order valence-corrected chi connectivity index (χ3v) is 2.01. The van der Waals surface area contributed by atoms with Crippen LogP contribution in [0.4, 0.5) is 4.39 Å². The van der Waals surface area contributed by atoms with Crippen molar-refractivity contribution in [3.8, 4) is 0 Å². The Kier molecular flexibility index (Phi) is 4.74. The fourth-order valence-electron chi connectivity index (χ4n) is 1.20. The molecule has 4 heteroatoms. The highest BCUT2D eigenvalue weighted by Gasteiger charge is 2.06. The Hall–Kier alpha value is -1.45. The third-order valence-electron chi connectivity index (χ3n) is 2.01. The monoisotopic (exact) mass is 210 g/mol. The summed E-state index contributed by atoms with van der Waals surface area (Å²) in [5.41, 5.74) is 0.131. The van der Waals surface area contributed by atoms with Crippen LogP contribution in [0.3, 0.4) is 0 Å². The van der Waals surface area contributed by atoms with Crippen molar-refractivity contribution < 1.29 is 9.18 Å². The molecule has 1 aromatic rings. The molecule has 1 heterocycles. The van der Waals surface area contributed by atoms with E-state index in [0.717, 1.165) is 19.3 Å². The van der Waals surface area contributed by atoms with Gasteiger partial charge in [-0.2, -0.15) is 4.39 Å². The van der Waals surface area contributed by atoms with Crippen LogP contribution in [0.15, 0.2) is 18.2 Å². The molecule has 15 heavy (non-hydrogen) atoms. The zero-order chi connectivity index (χ0) is 11.1. The Morgan fingerprint density at radius 1 is 1.47 bits per heavy atom. The van der Waals surface area contributed by atoms with Gasteiger partial charge < -0.3 is 5.32 Å². The van der Waals surface area contributed by atoms with Crippen LogP contribution in [0.25, 0.3) is 0 Å². The van der Waals surface area contributed by atoms with Crippen LogP contribution in [0.2, 0.25) is 0 Å². The van der Waals surface area contributed by atoms with Crippen LogP contribution >= 0.6 is 0 Å². The van der Waals surface area contributed by atoms with Crippen LogP contribution in [-0.2, 0) is 0 Å². The molecule has 0 bridgehead atoms. The first-order valence-electron chi connectivity index (χ1n) is 5.14. The van der Waals surface area contributed by atoms with Gasteiger partial charge in [-0.3, -0.25) is 4.79 Å². The molecule has 1 aromatic heterocycles. The Morgan fingerprint density at radius 3 is 2.93 bits per heavy atom. The lowest BCUT2D eigenvalue weighted by molar-refractivity contribution is 0.0947. The number of rotatable bonds is 5. The molecule has 0 aliphatic rings. The molecule has 3 nitrogen and oxygen atoms in total. The summed E-state index contributed by atoms with van der Waals surface area (Å²) in [6.45, 7) is 2.71. The van der Waals surface area contributed by atoms with Gasteiger partial charge >= 0.3 is 0 Å². The van der Waals surface area contributed by atoms with E-state index >= 15 is 0 Å². The first-order valence-corrected chi connectivity index (χ1v) is 5.14. The number of nitrogens with one attached hydrogen (secondary N) is 1. The van der Waals surface area contributed by atoms with Crippen LogP contribution < -0.4 is 5.32 Å². The summed E-state index contributed by atoms with van der Waals surface area (Å²) in [6, 6.07) is 4.19. The molecule has 1 rings (SSSR count). The summed E-state index contributed by atoms with van der Waals surface area (Å²) in [7, 11) is 0. The number of hydrogen-bond acceptors (Lipinski definition) is 2. The van der Waals surface area contributed by atoms with E-state index in [0.29, 0.717) is 6.54 Å². The minimum Gasteiger partial charge on any atom is -0.351 e. The third kappa shape index (κ3) is 4.06. The molecule has 1 amide bonds. The van der Waals surface area contributed by atoms with Gasteiger partial charge in [0.05, 0.1) is 0 Å². The van der Waals surface area contributed by atoms with Gasteiger partial charge in [-0.25, -0.2) is 4.98 Å². The number of unbranched alkanes of at least 4 members (excludes halogenated alkanes) is 2. The maximum Gasteiger partial charge on any atom is 0.269 e. The molecule has 0 saturated carbocycles. The quantitative estimate of drug-likeness (QED) is 0.597. The molecule has 82 valence electrons. The number of hydrogen-bond donors (Lipinski definition) is 1. The van der Waals surface area contributed by atoms with Crippen LogP contribution in [-0.4, -0.2) is 17.4 Å². The zero-order valence-electron chi connectivity index (χ0n) is 8.79. The fourth-order valence-corrected chi connectivity index (χ4v) is 1.20. The van der Waals surface area contributed by atoms with Gasteiger partial charge in [0, 0.05) is 6.54 Å². The van der Waals surface area contributed by atoms with E-state index in [1.807, 2.05) is 0 Å². The highest BCUT2D eigenvalue weighted by Crippen LogP contribution is 1.98. The van der Waals surface area contributed by atoms with Crippen molar-refractivity contribution in [2.24, 2.45) is 0 Å². The van der Waals surface area contributed by atoms with Gasteiger partial charge in [0.25, 0.3) is 5.91 Å². The second kappa shape index (κ2) is 6.11. The average molecular weight is 210 g/mol.